The zero-order chi connectivity index (χ0) is 13.8. The van der Waals surface area contributed by atoms with E-state index in [1.807, 2.05) is 18.5 Å². The standard InChI is InChI=1S/C17H19ClN2/c18-17-6-4-14-7-10-19-11-8-15(14)16(17)5-3-13-2-1-9-20-12-13/h1-2,4,6,9,12,19H,3,5,7-8,10-11H2. The molecule has 0 radical (unpaired) electrons. The molecule has 0 aliphatic carbocycles. The van der Waals surface area contributed by atoms with E-state index in [0.717, 1.165) is 43.8 Å². The van der Waals surface area contributed by atoms with Gasteiger partial charge in [-0.15, -0.1) is 0 Å². The first kappa shape index (κ1) is 13.6. The van der Waals surface area contributed by atoms with E-state index in [-0.39, 0.29) is 0 Å². The fourth-order valence-corrected chi connectivity index (χ4v) is 3.18. The van der Waals surface area contributed by atoms with Gasteiger partial charge in [-0.3, -0.25) is 4.98 Å². The molecule has 3 rings (SSSR count). The third kappa shape index (κ3) is 3.02. The molecule has 1 N–H and O–H groups in total. The van der Waals surface area contributed by atoms with Crippen molar-refractivity contribution in [1.82, 2.24) is 10.3 Å². The number of aryl methyl sites for hydroxylation is 1. The van der Waals surface area contributed by atoms with Crippen molar-refractivity contribution >= 4 is 11.6 Å². The highest BCUT2D eigenvalue weighted by Gasteiger charge is 2.14. The van der Waals surface area contributed by atoms with E-state index in [4.69, 9.17) is 11.6 Å². The quantitative estimate of drug-likeness (QED) is 0.937. The third-order valence-electron chi connectivity index (χ3n) is 3.98. The van der Waals surface area contributed by atoms with Crippen LogP contribution < -0.4 is 5.32 Å². The van der Waals surface area contributed by atoms with Crippen LogP contribution >= 0.6 is 11.6 Å². The van der Waals surface area contributed by atoms with Gasteiger partial charge in [0.25, 0.3) is 0 Å². The van der Waals surface area contributed by atoms with Crippen LogP contribution in [0.3, 0.4) is 0 Å². The molecule has 0 unspecified atom stereocenters. The molecule has 0 spiro atoms. The molecule has 20 heavy (non-hydrogen) atoms. The first-order valence-corrected chi connectivity index (χ1v) is 7.61. The van der Waals surface area contributed by atoms with Gasteiger partial charge in [0.05, 0.1) is 0 Å². The number of hydrogen-bond donors (Lipinski definition) is 1. The summed E-state index contributed by atoms with van der Waals surface area (Å²) in [5.41, 5.74) is 5.52. The highest BCUT2D eigenvalue weighted by Crippen LogP contribution is 2.27. The molecular formula is C17H19ClN2. The maximum Gasteiger partial charge on any atom is 0.0441 e. The lowest BCUT2D eigenvalue weighted by molar-refractivity contribution is 0.709. The van der Waals surface area contributed by atoms with Crippen molar-refractivity contribution < 1.29 is 0 Å². The summed E-state index contributed by atoms with van der Waals surface area (Å²) in [4.78, 5) is 4.18. The summed E-state index contributed by atoms with van der Waals surface area (Å²) < 4.78 is 0. The van der Waals surface area contributed by atoms with E-state index >= 15 is 0 Å². The summed E-state index contributed by atoms with van der Waals surface area (Å²) in [5.74, 6) is 0. The molecule has 3 heteroatoms. The molecule has 2 nitrogen and oxygen atoms in total. The second-order valence-electron chi connectivity index (χ2n) is 5.27. The Hall–Kier alpha value is -1.38. The summed E-state index contributed by atoms with van der Waals surface area (Å²) in [6, 6.07) is 8.37. The maximum absolute atomic E-state index is 6.44. The fraction of sp³-hybridized carbons (Fsp3) is 0.353. The van der Waals surface area contributed by atoms with Crippen molar-refractivity contribution in [2.24, 2.45) is 0 Å². The largest absolute Gasteiger partial charge is 0.316 e. The number of hydrogen-bond acceptors (Lipinski definition) is 2. The zero-order valence-electron chi connectivity index (χ0n) is 11.5. The molecule has 0 amide bonds. The van der Waals surface area contributed by atoms with Crippen molar-refractivity contribution in [2.75, 3.05) is 13.1 Å². The van der Waals surface area contributed by atoms with Crippen LogP contribution in [0.2, 0.25) is 5.02 Å². The van der Waals surface area contributed by atoms with Crippen LogP contribution in [0.15, 0.2) is 36.7 Å². The number of aromatic nitrogens is 1. The number of nitrogens with one attached hydrogen (secondary N) is 1. The Labute approximate surface area is 125 Å². The van der Waals surface area contributed by atoms with E-state index in [0.29, 0.717) is 0 Å². The van der Waals surface area contributed by atoms with Gasteiger partial charge in [-0.25, -0.2) is 0 Å². The summed E-state index contributed by atoms with van der Waals surface area (Å²) in [5, 5.41) is 4.37. The smallest absolute Gasteiger partial charge is 0.0441 e. The number of rotatable bonds is 3. The summed E-state index contributed by atoms with van der Waals surface area (Å²) in [6.07, 6.45) is 7.93. The van der Waals surface area contributed by atoms with Gasteiger partial charge in [-0.05, 0) is 73.2 Å². The Kier molecular flexibility index (Phi) is 4.34. The molecule has 0 fully saturated rings. The first-order chi connectivity index (χ1) is 9.84. The normalized spacial score (nSPS) is 14.7. The van der Waals surface area contributed by atoms with Crippen molar-refractivity contribution in [3.05, 3.63) is 63.9 Å². The van der Waals surface area contributed by atoms with E-state index in [2.05, 4.69) is 28.5 Å². The molecule has 1 aromatic carbocycles. The van der Waals surface area contributed by atoms with E-state index in [1.54, 1.807) is 0 Å². The SMILES string of the molecule is Clc1ccc2c(c1CCc1cccnc1)CCNCC2. The highest BCUT2D eigenvalue weighted by molar-refractivity contribution is 6.31. The second kappa shape index (κ2) is 6.38. The molecular weight excluding hydrogens is 268 g/mol. The zero-order valence-corrected chi connectivity index (χ0v) is 12.3. The van der Waals surface area contributed by atoms with E-state index < -0.39 is 0 Å². The Morgan fingerprint density at radius 1 is 1.10 bits per heavy atom. The summed E-state index contributed by atoms with van der Waals surface area (Å²) in [6.45, 7) is 2.11. The third-order valence-corrected chi connectivity index (χ3v) is 4.33. The molecule has 1 aromatic heterocycles. The van der Waals surface area contributed by atoms with Crippen molar-refractivity contribution in [3.63, 3.8) is 0 Å². The lowest BCUT2D eigenvalue weighted by atomic mass is 9.93. The minimum Gasteiger partial charge on any atom is -0.316 e. The predicted molar refractivity (Wildman–Crippen MR) is 83.4 cm³/mol. The number of fused-ring (bicyclic) bond motifs is 1. The molecule has 0 saturated carbocycles. The first-order valence-electron chi connectivity index (χ1n) is 7.23. The number of halogens is 1. The highest BCUT2D eigenvalue weighted by atomic mass is 35.5. The van der Waals surface area contributed by atoms with Gasteiger partial charge in [-0.2, -0.15) is 0 Å². The molecule has 104 valence electrons. The van der Waals surface area contributed by atoms with Gasteiger partial charge in [0.1, 0.15) is 0 Å². The average Bonchev–Trinajstić information content (AvgIpc) is 2.73. The Morgan fingerprint density at radius 3 is 2.85 bits per heavy atom. The van der Waals surface area contributed by atoms with Gasteiger partial charge in [0, 0.05) is 17.4 Å². The summed E-state index contributed by atoms with van der Waals surface area (Å²) in [7, 11) is 0. The lowest BCUT2D eigenvalue weighted by Crippen LogP contribution is -2.16. The van der Waals surface area contributed by atoms with Crippen LogP contribution in [0.25, 0.3) is 0 Å². The molecule has 0 atom stereocenters. The van der Waals surface area contributed by atoms with Crippen molar-refractivity contribution in [3.8, 4) is 0 Å². The number of nitrogens with zero attached hydrogens (tertiary/aromatic N) is 1. The van der Waals surface area contributed by atoms with Crippen LogP contribution in [0.4, 0.5) is 0 Å². The van der Waals surface area contributed by atoms with Crippen LogP contribution in [0, 0.1) is 0 Å². The Balaban J connectivity index is 1.85. The molecule has 0 saturated heterocycles. The van der Waals surface area contributed by atoms with Gasteiger partial charge >= 0.3 is 0 Å². The monoisotopic (exact) mass is 286 g/mol. The predicted octanol–water partition coefficient (Wildman–Crippen LogP) is 3.21. The van der Waals surface area contributed by atoms with Crippen molar-refractivity contribution in [1.29, 1.82) is 0 Å². The fourth-order valence-electron chi connectivity index (χ4n) is 2.91. The minimum absolute atomic E-state index is 0.912. The number of pyridine rings is 1. The van der Waals surface area contributed by atoms with Crippen LogP contribution in [-0.2, 0) is 25.7 Å². The topological polar surface area (TPSA) is 24.9 Å². The minimum atomic E-state index is 0.912. The van der Waals surface area contributed by atoms with Gasteiger partial charge in [0.15, 0.2) is 0 Å². The number of benzene rings is 1. The maximum atomic E-state index is 6.44. The average molecular weight is 287 g/mol. The molecule has 0 bridgehead atoms. The lowest BCUT2D eigenvalue weighted by Gasteiger charge is -2.14. The Bertz CT molecular complexity index is 581. The molecule has 2 aromatic rings. The van der Waals surface area contributed by atoms with Crippen LogP contribution in [0.1, 0.15) is 22.3 Å². The molecule has 2 heterocycles. The van der Waals surface area contributed by atoms with Gasteiger partial charge in [0.2, 0.25) is 0 Å². The van der Waals surface area contributed by atoms with Gasteiger partial charge < -0.3 is 5.32 Å². The van der Waals surface area contributed by atoms with E-state index in [9.17, 15) is 0 Å². The van der Waals surface area contributed by atoms with E-state index in [1.165, 1.54) is 22.3 Å². The van der Waals surface area contributed by atoms with Crippen LogP contribution in [-0.4, -0.2) is 18.1 Å². The molecule has 1 aliphatic rings. The van der Waals surface area contributed by atoms with Crippen LogP contribution in [0.5, 0.6) is 0 Å². The molecule has 1 aliphatic heterocycles. The Morgan fingerprint density at radius 2 is 2.00 bits per heavy atom. The second-order valence-corrected chi connectivity index (χ2v) is 5.68. The summed E-state index contributed by atoms with van der Waals surface area (Å²) >= 11 is 6.44. The van der Waals surface area contributed by atoms with Gasteiger partial charge in [-0.1, -0.05) is 23.7 Å². The van der Waals surface area contributed by atoms with Crippen molar-refractivity contribution in [2.45, 2.75) is 25.7 Å².